The second-order valence-electron chi connectivity index (χ2n) is 4.53. The lowest BCUT2D eigenvalue weighted by atomic mass is 9.88. The summed E-state index contributed by atoms with van der Waals surface area (Å²) in [4.78, 5) is 0. The highest BCUT2D eigenvalue weighted by Gasteiger charge is 2.39. The molecule has 0 saturated carbocycles. The van der Waals surface area contributed by atoms with Gasteiger partial charge in [0.1, 0.15) is 5.60 Å². The van der Waals surface area contributed by atoms with Crippen LogP contribution in [0.1, 0.15) is 38.7 Å². The van der Waals surface area contributed by atoms with Crippen molar-refractivity contribution in [3.05, 3.63) is 18.0 Å². The molecule has 0 aromatic carbocycles. The van der Waals surface area contributed by atoms with Gasteiger partial charge in [0, 0.05) is 23.6 Å². The second-order valence-corrected chi connectivity index (χ2v) is 5.98. The smallest absolute Gasteiger partial charge is 0.104 e. The van der Waals surface area contributed by atoms with Crippen molar-refractivity contribution >= 4 is 11.8 Å². The van der Waals surface area contributed by atoms with Crippen LogP contribution in [0.4, 0.5) is 0 Å². The van der Waals surface area contributed by atoms with Crippen molar-refractivity contribution in [2.75, 3.05) is 5.75 Å². The number of hydrogen-bond acceptors (Lipinski definition) is 3. The van der Waals surface area contributed by atoms with Gasteiger partial charge in [0.15, 0.2) is 0 Å². The fourth-order valence-electron chi connectivity index (χ4n) is 2.26. The minimum absolute atomic E-state index is 0.264. The first-order valence-electron chi connectivity index (χ1n) is 6.03. The SMILES string of the molecule is CCCn1cc(C2(O)CCCSC2C)cn1. The van der Waals surface area contributed by atoms with Gasteiger partial charge in [0.05, 0.1) is 6.20 Å². The van der Waals surface area contributed by atoms with Crippen LogP contribution in [0.3, 0.4) is 0 Å². The van der Waals surface area contributed by atoms with E-state index < -0.39 is 5.60 Å². The topological polar surface area (TPSA) is 38.0 Å². The normalized spacial score (nSPS) is 30.6. The van der Waals surface area contributed by atoms with Gasteiger partial charge >= 0.3 is 0 Å². The van der Waals surface area contributed by atoms with E-state index in [1.165, 1.54) is 0 Å². The van der Waals surface area contributed by atoms with E-state index in [0.29, 0.717) is 0 Å². The van der Waals surface area contributed by atoms with Crippen molar-refractivity contribution in [3.8, 4) is 0 Å². The zero-order chi connectivity index (χ0) is 11.6. The summed E-state index contributed by atoms with van der Waals surface area (Å²) in [6.45, 7) is 5.17. The molecule has 1 aromatic rings. The van der Waals surface area contributed by atoms with Gasteiger partial charge in [-0.3, -0.25) is 4.68 Å². The van der Waals surface area contributed by atoms with Crippen molar-refractivity contribution in [2.45, 2.75) is 50.5 Å². The molecule has 1 saturated heterocycles. The number of aryl methyl sites for hydroxylation is 1. The van der Waals surface area contributed by atoms with E-state index in [-0.39, 0.29) is 5.25 Å². The molecule has 2 unspecified atom stereocenters. The van der Waals surface area contributed by atoms with Crippen LogP contribution >= 0.6 is 11.8 Å². The van der Waals surface area contributed by atoms with Crippen molar-refractivity contribution in [1.82, 2.24) is 9.78 Å². The zero-order valence-corrected chi connectivity index (χ0v) is 10.8. The monoisotopic (exact) mass is 240 g/mol. The lowest BCUT2D eigenvalue weighted by Gasteiger charge is -2.36. The molecule has 0 bridgehead atoms. The predicted octanol–water partition coefficient (Wildman–Crippen LogP) is 2.40. The molecule has 90 valence electrons. The van der Waals surface area contributed by atoms with Crippen LogP contribution in [0.2, 0.25) is 0 Å². The molecule has 1 fully saturated rings. The van der Waals surface area contributed by atoms with Crippen molar-refractivity contribution in [3.63, 3.8) is 0 Å². The number of hydrogen-bond donors (Lipinski definition) is 1. The molecular weight excluding hydrogens is 220 g/mol. The summed E-state index contributed by atoms with van der Waals surface area (Å²) in [6.07, 6.45) is 6.86. The van der Waals surface area contributed by atoms with Gasteiger partial charge in [-0.15, -0.1) is 0 Å². The van der Waals surface area contributed by atoms with E-state index >= 15 is 0 Å². The maximum Gasteiger partial charge on any atom is 0.104 e. The first kappa shape index (κ1) is 12.0. The van der Waals surface area contributed by atoms with Crippen LogP contribution in [0.5, 0.6) is 0 Å². The highest BCUT2D eigenvalue weighted by molar-refractivity contribution is 8.00. The van der Waals surface area contributed by atoms with Crippen molar-refractivity contribution in [2.24, 2.45) is 0 Å². The molecule has 0 spiro atoms. The maximum absolute atomic E-state index is 10.7. The molecular formula is C12H20N2OS. The Kier molecular flexibility index (Phi) is 3.60. The van der Waals surface area contributed by atoms with Gasteiger partial charge in [-0.1, -0.05) is 13.8 Å². The molecule has 1 N–H and O–H groups in total. The molecule has 3 nitrogen and oxygen atoms in total. The molecule has 2 rings (SSSR count). The Bertz CT molecular complexity index is 353. The molecule has 1 aromatic heterocycles. The summed E-state index contributed by atoms with van der Waals surface area (Å²) in [7, 11) is 0. The fourth-order valence-corrected chi connectivity index (χ4v) is 3.45. The van der Waals surface area contributed by atoms with Crippen LogP contribution in [0.25, 0.3) is 0 Å². The Morgan fingerprint density at radius 2 is 2.50 bits per heavy atom. The number of rotatable bonds is 3. The molecule has 1 aliphatic rings. The van der Waals surface area contributed by atoms with Crippen LogP contribution in [0, 0.1) is 0 Å². The third-order valence-electron chi connectivity index (χ3n) is 3.33. The second kappa shape index (κ2) is 4.80. The molecule has 0 amide bonds. The van der Waals surface area contributed by atoms with E-state index in [9.17, 15) is 5.11 Å². The molecule has 16 heavy (non-hydrogen) atoms. The predicted molar refractivity (Wildman–Crippen MR) is 67.6 cm³/mol. The fraction of sp³-hybridized carbons (Fsp3) is 0.750. The Balaban J connectivity index is 2.20. The van der Waals surface area contributed by atoms with E-state index in [1.54, 1.807) is 0 Å². The van der Waals surface area contributed by atoms with Crippen molar-refractivity contribution < 1.29 is 5.11 Å². The summed E-state index contributed by atoms with van der Waals surface area (Å²) >= 11 is 1.86. The third kappa shape index (κ3) is 2.13. The largest absolute Gasteiger partial charge is 0.384 e. The molecule has 2 heterocycles. The average Bonchev–Trinajstić information content (AvgIpc) is 2.72. The van der Waals surface area contributed by atoms with Crippen LogP contribution in [-0.2, 0) is 12.1 Å². The quantitative estimate of drug-likeness (QED) is 0.881. The van der Waals surface area contributed by atoms with Gasteiger partial charge in [-0.2, -0.15) is 16.9 Å². The number of aliphatic hydroxyl groups is 1. The highest BCUT2D eigenvalue weighted by atomic mass is 32.2. The number of nitrogens with zero attached hydrogens (tertiary/aromatic N) is 2. The number of aromatic nitrogens is 2. The van der Waals surface area contributed by atoms with Crippen LogP contribution < -0.4 is 0 Å². The molecule has 0 radical (unpaired) electrons. The van der Waals surface area contributed by atoms with Gasteiger partial charge in [-0.05, 0) is 25.0 Å². The molecule has 0 aliphatic carbocycles. The lowest BCUT2D eigenvalue weighted by Crippen LogP contribution is -2.38. The van der Waals surface area contributed by atoms with Gasteiger partial charge in [0.25, 0.3) is 0 Å². The minimum atomic E-state index is -0.672. The summed E-state index contributed by atoms with van der Waals surface area (Å²) in [5.74, 6) is 1.16. The first-order chi connectivity index (χ1) is 7.66. The standard InChI is InChI=1S/C12H20N2OS/c1-3-6-14-9-11(8-13-14)12(15)5-4-7-16-10(12)2/h8-10,15H,3-7H2,1-2H3. The summed E-state index contributed by atoms with van der Waals surface area (Å²) < 4.78 is 1.93. The van der Waals surface area contributed by atoms with E-state index in [4.69, 9.17) is 0 Å². The lowest BCUT2D eigenvalue weighted by molar-refractivity contribution is 0.0253. The van der Waals surface area contributed by atoms with Crippen LogP contribution in [-0.4, -0.2) is 25.9 Å². The van der Waals surface area contributed by atoms with E-state index in [1.807, 2.05) is 28.8 Å². The summed E-state index contributed by atoms with van der Waals surface area (Å²) in [5.41, 5.74) is 0.315. The Morgan fingerprint density at radius 3 is 3.19 bits per heavy atom. The van der Waals surface area contributed by atoms with Gasteiger partial charge < -0.3 is 5.11 Å². The third-order valence-corrected chi connectivity index (χ3v) is 4.74. The van der Waals surface area contributed by atoms with E-state index in [0.717, 1.165) is 37.1 Å². The number of thioether (sulfide) groups is 1. The highest BCUT2D eigenvalue weighted by Crippen LogP contribution is 2.41. The molecule has 1 aliphatic heterocycles. The molecule has 2 atom stereocenters. The Labute approximate surface area is 101 Å². The van der Waals surface area contributed by atoms with Gasteiger partial charge in [-0.25, -0.2) is 0 Å². The first-order valence-corrected chi connectivity index (χ1v) is 7.08. The van der Waals surface area contributed by atoms with E-state index in [2.05, 4.69) is 18.9 Å². The molecule has 4 heteroatoms. The Hall–Kier alpha value is -0.480. The summed E-state index contributed by atoms with van der Waals surface area (Å²) in [6, 6.07) is 0. The van der Waals surface area contributed by atoms with Gasteiger partial charge in [0.2, 0.25) is 0 Å². The summed E-state index contributed by atoms with van der Waals surface area (Å²) in [5, 5.41) is 15.3. The minimum Gasteiger partial charge on any atom is -0.384 e. The maximum atomic E-state index is 10.7. The van der Waals surface area contributed by atoms with Crippen molar-refractivity contribution in [1.29, 1.82) is 0 Å². The Morgan fingerprint density at radius 1 is 1.69 bits per heavy atom. The average molecular weight is 240 g/mol. The zero-order valence-electron chi connectivity index (χ0n) is 10.0. The van der Waals surface area contributed by atoms with Crippen LogP contribution in [0.15, 0.2) is 12.4 Å².